The largest absolute Gasteiger partial charge is 0.494 e. The van der Waals surface area contributed by atoms with E-state index in [9.17, 15) is 0 Å². The van der Waals surface area contributed by atoms with Crippen LogP contribution in [0.25, 0.3) is 0 Å². The number of nitrogens with one attached hydrogen (secondary N) is 1. The Morgan fingerprint density at radius 2 is 1.81 bits per heavy atom. The van der Waals surface area contributed by atoms with Gasteiger partial charge in [0.05, 0.1) is 19.8 Å². The summed E-state index contributed by atoms with van der Waals surface area (Å²) in [4.78, 5) is 4.17. The molecule has 0 bridgehead atoms. The quantitative estimate of drug-likeness (QED) is 0.369. The maximum absolute atomic E-state index is 5.88. The molecule has 0 heterocycles. The Kier molecular flexibility index (Phi) is 9.08. The predicted molar refractivity (Wildman–Crippen MR) is 107 cm³/mol. The second-order valence-electron chi connectivity index (χ2n) is 6.02. The van der Waals surface area contributed by atoms with Gasteiger partial charge in [0.25, 0.3) is 0 Å². The van der Waals surface area contributed by atoms with Crippen LogP contribution in [0.5, 0.6) is 5.75 Å². The maximum atomic E-state index is 5.88. The molecular weight excluding hydrogens is 326 g/mol. The van der Waals surface area contributed by atoms with Gasteiger partial charge in [0.1, 0.15) is 5.75 Å². The van der Waals surface area contributed by atoms with Crippen LogP contribution in [-0.2, 0) is 17.6 Å². The molecule has 2 aromatic rings. The summed E-state index contributed by atoms with van der Waals surface area (Å²) in [5, 5.41) is 3.11. The van der Waals surface area contributed by atoms with Crippen molar-refractivity contribution in [3.63, 3.8) is 0 Å². The van der Waals surface area contributed by atoms with Gasteiger partial charge in [-0.1, -0.05) is 42.5 Å². The van der Waals surface area contributed by atoms with E-state index < -0.39 is 0 Å². The number of rotatable bonds is 11. The van der Waals surface area contributed by atoms with Crippen LogP contribution in [0.1, 0.15) is 17.5 Å². The first-order valence-corrected chi connectivity index (χ1v) is 9.06. The molecule has 0 aliphatic rings. The van der Waals surface area contributed by atoms with Crippen LogP contribution in [0.3, 0.4) is 0 Å². The number of benzene rings is 2. The van der Waals surface area contributed by atoms with Crippen molar-refractivity contribution in [2.45, 2.75) is 19.3 Å². The van der Waals surface area contributed by atoms with E-state index in [0.29, 0.717) is 19.1 Å². The van der Waals surface area contributed by atoms with Crippen LogP contribution in [0, 0.1) is 0 Å². The van der Waals surface area contributed by atoms with Crippen molar-refractivity contribution in [1.29, 1.82) is 0 Å². The van der Waals surface area contributed by atoms with Gasteiger partial charge in [-0.3, -0.25) is 4.99 Å². The molecular formula is C21H29N3O2. The molecule has 0 saturated heterocycles. The molecule has 5 heteroatoms. The molecule has 0 radical (unpaired) electrons. The van der Waals surface area contributed by atoms with E-state index in [4.69, 9.17) is 15.2 Å². The SMILES string of the molecule is COCCN=C(N)NCCc1cccc(OCCCc2ccccc2)c1. The van der Waals surface area contributed by atoms with E-state index in [2.05, 4.69) is 46.7 Å². The fourth-order valence-electron chi connectivity index (χ4n) is 2.55. The second kappa shape index (κ2) is 11.9. The Bertz CT molecular complexity index is 659. The summed E-state index contributed by atoms with van der Waals surface area (Å²) in [6, 6.07) is 18.7. The molecule has 2 aromatic carbocycles. The molecule has 0 atom stereocenters. The number of aryl methyl sites for hydroxylation is 1. The van der Waals surface area contributed by atoms with Gasteiger partial charge in [-0.2, -0.15) is 0 Å². The Morgan fingerprint density at radius 1 is 1.00 bits per heavy atom. The molecule has 0 fully saturated rings. The minimum Gasteiger partial charge on any atom is -0.494 e. The zero-order valence-electron chi connectivity index (χ0n) is 15.5. The van der Waals surface area contributed by atoms with Crippen LogP contribution in [0.2, 0.25) is 0 Å². The van der Waals surface area contributed by atoms with E-state index in [0.717, 1.165) is 38.2 Å². The molecule has 0 aliphatic carbocycles. The number of nitrogens with two attached hydrogens (primary N) is 1. The van der Waals surface area contributed by atoms with Crippen molar-refractivity contribution in [2.75, 3.05) is 33.4 Å². The lowest BCUT2D eigenvalue weighted by atomic mass is 10.1. The third kappa shape index (κ3) is 8.03. The zero-order chi connectivity index (χ0) is 18.5. The van der Waals surface area contributed by atoms with Crippen molar-refractivity contribution in [2.24, 2.45) is 10.7 Å². The standard InChI is InChI=1S/C21H29N3O2/c1-25-16-14-24-21(22)23-13-12-19-9-5-11-20(17-19)26-15-6-10-18-7-3-2-4-8-18/h2-5,7-9,11,17H,6,10,12-16H2,1H3,(H3,22,23,24). The zero-order valence-corrected chi connectivity index (χ0v) is 15.5. The number of guanidine groups is 1. The summed E-state index contributed by atoms with van der Waals surface area (Å²) in [5.41, 5.74) is 8.35. The van der Waals surface area contributed by atoms with Crippen LogP contribution in [-0.4, -0.2) is 39.4 Å². The lowest BCUT2D eigenvalue weighted by Gasteiger charge is -2.09. The Labute approximate surface area is 156 Å². The first kappa shape index (κ1) is 19.8. The minimum absolute atomic E-state index is 0.454. The van der Waals surface area contributed by atoms with Gasteiger partial charge in [-0.15, -0.1) is 0 Å². The summed E-state index contributed by atoms with van der Waals surface area (Å²) in [6.07, 6.45) is 2.90. The number of nitrogens with zero attached hydrogens (tertiary/aromatic N) is 1. The number of methoxy groups -OCH3 is 1. The van der Waals surface area contributed by atoms with Crippen molar-refractivity contribution in [3.05, 3.63) is 65.7 Å². The van der Waals surface area contributed by atoms with Crippen molar-refractivity contribution >= 4 is 5.96 Å². The fraction of sp³-hybridized carbons (Fsp3) is 0.381. The lowest BCUT2D eigenvalue weighted by Crippen LogP contribution is -2.33. The Morgan fingerprint density at radius 3 is 2.62 bits per heavy atom. The molecule has 0 amide bonds. The molecule has 0 aliphatic heterocycles. The third-order valence-electron chi connectivity index (χ3n) is 3.92. The molecule has 2 rings (SSSR count). The Balaban J connectivity index is 1.67. The van der Waals surface area contributed by atoms with E-state index in [1.54, 1.807) is 7.11 Å². The highest BCUT2D eigenvalue weighted by Crippen LogP contribution is 2.14. The summed E-state index contributed by atoms with van der Waals surface area (Å²) in [7, 11) is 1.65. The molecule has 0 saturated carbocycles. The van der Waals surface area contributed by atoms with E-state index in [-0.39, 0.29) is 0 Å². The van der Waals surface area contributed by atoms with Gasteiger partial charge in [-0.25, -0.2) is 0 Å². The topological polar surface area (TPSA) is 68.9 Å². The lowest BCUT2D eigenvalue weighted by molar-refractivity contribution is 0.208. The first-order chi connectivity index (χ1) is 12.8. The Hall–Kier alpha value is -2.53. The van der Waals surface area contributed by atoms with Crippen LogP contribution < -0.4 is 15.8 Å². The monoisotopic (exact) mass is 355 g/mol. The predicted octanol–water partition coefficient (Wildman–Crippen LogP) is 2.79. The van der Waals surface area contributed by atoms with Gasteiger partial charge >= 0.3 is 0 Å². The molecule has 0 aromatic heterocycles. The fourth-order valence-corrected chi connectivity index (χ4v) is 2.55. The average molecular weight is 355 g/mol. The van der Waals surface area contributed by atoms with Crippen LogP contribution >= 0.6 is 0 Å². The molecule has 26 heavy (non-hydrogen) atoms. The van der Waals surface area contributed by atoms with Gasteiger partial charge in [-0.05, 0) is 42.5 Å². The highest BCUT2D eigenvalue weighted by Gasteiger charge is 1.99. The van der Waals surface area contributed by atoms with Gasteiger partial charge in [0, 0.05) is 13.7 Å². The van der Waals surface area contributed by atoms with E-state index in [1.807, 2.05) is 18.2 Å². The molecule has 0 spiro atoms. The molecule has 140 valence electrons. The second-order valence-corrected chi connectivity index (χ2v) is 6.02. The van der Waals surface area contributed by atoms with Gasteiger partial charge in [0.2, 0.25) is 0 Å². The normalized spacial score (nSPS) is 11.3. The van der Waals surface area contributed by atoms with Crippen LogP contribution in [0.15, 0.2) is 59.6 Å². The summed E-state index contributed by atoms with van der Waals surface area (Å²) in [5.74, 6) is 1.37. The number of hydrogen-bond acceptors (Lipinski definition) is 3. The molecule has 3 N–H and O–H groups in total. The van der Waals surface area contributed by atoms with E-state index >= 15 is 0 Å². The smallest absolute Gasteiger partial charge is 0.188 e. The number of ether oxygens (including phenoxy) is 2. The highest BCUT2D eigenvalue weighted by atomic mass is 16.5. The third-order valence-corrected chi connectivity index (χ3v) is 3.92. The number of aliphatic imine (C=N–C) groups is 1. The minimum atomic E-state index is 0.454. The van der Waals surface area contributed by atoms with Gasteiger partial charge < -0.3 is 20.5 Å². The first-order valence-electron chi connectivity index (χ1n) is 9.06. The van der Waals surface area contributed by atoms with E-state index in [1.165, 1.54) is 11.1 Å². The number of hydrogen-bond donors (Lipinski definition) is 2. The molecule has 0 unspecified atom stereocenters. The van der Waals surface area contributed by atoms with Crippen LogP contribution in [0.4, 0.5) is 0 Å². The van der Waals surface area contributed by atoms with Gasteiger partial charge in [0.15, 0.2) is 5.96 Å². The molecule has 5 nitrogen and oxygen atoms in total. The van der Waals surface area contributed by atoms with Crippen molar-refractivity contribution in [1.82, 2.24) is 5.32 Å². The van der Waals surface area contributed by atoms with Crippen molar-refractivity contribution < 1.29 is 9.47 Å². The summed E-state index contributed by atoms with van der Waals surface area (Å²) in [6.45, 7) is 2.60. The van der Waals surface area contributed by atoms with Crippen molar-refractivity contribution in [3.8, 4) is 5.75 Å². The maximum Gasteiger partial charge on any atom is 0.188 e. The average Bonchev–Trinajstić information content (AvgIpc) is 2.67. The summed E-state index contributed by atoms with van der Waals surface area (Å²) < 4.78 is 10.8. The highest BCUT2D eigenvalue weighted by molar-refractivity contribution is 5.77. The summed E-state index contributed by atoms with van der Waals surface area (Å²) >= 11 is 0.